The van der Waals surface area contributed by atoms with Crippen molar-refractivity contribution in [3.63, 3.8) is 0 Å². The van der Waals surface area contributed by atoms with E-state index in [0.29, 0.717) is 17.6 Å². The third-order valence-corrected chi connectivity index (χ3v) is 2.33. The summed E-state index contributed by atoms with van der Waals surface area (Å²) in [7, 11) is 0. The van der Waals surface area contributed by atoms with Crippen LogP contribution in [-0.4, -0.2) is 5.78 Å². The SMILES string of the molecule is O=C1C[C@@H]2C=CC[C@H]1C2. The van der Waals surface area contributed by atoms with Gasteiger partial charge in [0.05, 0.1) is 0 Å². The van der Waals surface area contributed by atoms with Crippen LogP contribution in [0.15, 0.2) is 12.2 Å². The number of rotatable bonds is 0. The van der Waals surface area contributed by atoms with E-state index in [1.807, 2.05) is 0 Å². The van der Waals surface area contributed by atoms with E-state index in [-0.39, 0.29) is 0 Å². The maximum absolute atomic E-state index is 11.0. The summed E-state index contributed by atoms with van der Waals surface area (Å²) < 4.78 is 0. The summed E-state index contributed by atoms with van der Waals surface area (Å²) in [6.07, 6.45) is 7.32. The Morgan fingerprint density at radius 2 is 2.44 bits per heavy atom. The zero-order valence-electron chi connectivity index (χ0n) is 5.34. The number of carbonyl (C=O) groups is 1. The Labute approximate surface area is 54.8 Å². The highest BCUT2D eigenvalue weighted by atomic mass is 16.1. The van der Waals surface area contributed by atoms with Gasteiger partial charge in [0, 0.05) is 12.3 Å². The maximum atomic E-state index is 11.0. The minimum Gasteiger partial charge on any atom is -0.299 e. The molecule has 0 aromatic rings. The van der Waals surface area contributed by atoms with Crippen LogP contribution in [0.25, 0.3) is 0 Å². The quantitative estimate of drug-likeness (QED) is 0.445. The molecule has 0 aliphatic heterocycles. The van der Waals surface area contributed by atoms with Gasteiger partial charge in [-0.2, -0.15) is 0 Å². The predicted molar refractivity (Wildman–Crippen MR) is 35.0 cm³/mol. The molecule has 0 saturated heterocycles. The molecule has 0 N–H and O–H groups in total. The van der Waals surface area contributed by atoms with Crippen LogP contribution in [0.5, 0.6) is 0 Å². The molecule has 9 heavy (non-hydrogen) atoms. The standard InChI is InChI=1S/C8H10O/c9-8-5-6-2-1-3-7(8)4-6/h1-2,6-7H,3-5H2/t6-,7+/m1/s1. The van der Waals surface area contributed by atoms with Crippen LogP contribution in [0.1, 0.15) is 19.3 Å². The first-order chi connectivity index (χ1) is 4.36. The average Bonchev–Trinajstić information content (AvgIpc) is 2.09. The van der Waals surface area contributed by atoms with Gasteiger partial charge in [-0.05, 0) is 18.8 Å². The van der Waals surface area contributed by atoms with Gasteiger partial charge in [0.1, 0.15) is 5.78 Å². The molecule has 0 unspecified atom stereocenters. The molecule has 0 aromatic carbocycles. The van der Waals surface area contributed by atoms with Gasteiger partial charge in [-0.3, -0.25) is 4.79 Å². The Hall–Kier alpha value is -0.590. The van der Waals surface area contributed by atoms with Crippen LogP contribution in [0, 0.1) is 11.8 Å². The van der Waals surface area contributed by atoms with E-state index in [4.69, 9.17) is 0 Å². The van der Waals surface area contributed by atoms with E-state index in [9.17, 15) is 4.79 Å². The number of hydrogen-bond donors (Lipinski definition) is 0. The Balaban J connectivity index is 2.26. The average molecular weight is 122 g/mol. The smallest absolute Gasteiger partial charge is 0.136 e. The summed E-state index contributed by atoms with van der Waals surface area (Å²) in [4.78, 5) is 11.0. The first-order valence-electron chi connectivity index (χ1n) is 3.55. The van der Waals surface area contributed by atoms with Gasteiger partial charge in [0.15, 0.2) is 0 Å². The Morgan fingerprint density at radius 3 is 3.11 bits per heavy atom. The fourth-order valence-electron chi connectivity index (χ4n) is 1.81. The first kappa shape index (κ1) is 5.21. The second-order valence-corrected chi connectivity index (χ2v) is 3.03. The highest BCUT2D eigenvalue weighted by Crippen LogP contribution is 2.34. The highest BCUT2D eigenvalue weighted by Gasteiger charge is 2.32. The van der Waals surface area contributed by atoms with E-state index in [2.05, 4.69) is 12.2 Å². The minimum atomic E-state index is 0.403. The highest BCUT2D eigenvalue weighted by molar-refractivity contribution is 5.84. The molecule has 0 aromatic heterocycles. The van der Waals surface area contributed by atoms with Crippen molar-refractivity contribution < 1.29 is 4.79 Å². The van der Waals surface area contributed by atoms with Crippen LogP contribution < -0.4 is 0 Å². The van der Waals surface area contributed by atoms with E-state index in [0.717, 1.165) is 19.3 Å². The van der Waals surface area contributed by atoms with Crippen molar-refractivity contribution >= 4 is 5.78 Å². The number of hydrogen-bond acceptors (Lipinski definition) is 1. The molecule has 2 rings (SSSR count). The molecule has 2 atom stereocenters. The van der Waals surface area contributed by atoms with Crippen molar-refractivity contribution in [2.24, 2.45) is 11.8 Å². The van der Waals surface area contributed by atoms with Gasteiger partial charge in [0.2, 0.25) is 0 Å². The topological polar surface area (TPSA) is 17.1 Å². The molecule has 2 bridgehead atoms. The number of fused-ring (bicyclic) bond motifs is 2. The second-order valence-electron chi connectivity index (χ2n) is 3.03. The number of allylic oxidation sites excluding steroid dienone is 2. The summed E-state index contributed by atoms with van der Waals surface area (Å²) >= 11 is 0. The van der Waals surface area contributed by atoms with Crippen molar-refractivity contribution in [1.82, 2.24) is 0 Å². The summed E-state index contributed by atoms with van der Waals surface area (Å²) in [5, 5.41) is 0. The molecule has 1 saturated carbocycles. The third-order valence-electron chi connectivity index (χ3n) is 2.33. The third kappa shape index (κ3) is 0.716. The van der Waals surface area contributed by atoms with Gasteiger partial charge in [-0.15, -0.1) is 0 Å². The molecule has 2 aliphatic rings. The van der Waals surface area contributed by atoms with Crippen molar-refractivity contribution in [1.29, 1.82) is 0 Å². The Bertz CT molecular complexity index is 169. The summed E-state index contributed by atoms with van der Waals surface area (Å²) in [5.41, 5.74) is 0. The summed E-state index contributed by atoms with van der Waals surface area (Å²) in [6, 6.07) is 0. The van der Waals surface area contributed by atoms with E-state index in [1.54, 1.807) is 0 Å². The van der Waals surface area contributed by atoms with E-state index >= 15 is 0 Å². The molecule has 2 aliphatic carbocycles. The monoisotopic (exact) mass is 122 g/mol. The second kappa shape index (κ2) is 1.69. The first-order valence-corrected chi connectivity index (χ1v) is 3.55. The fourth-order valence-corrected chi connectivity index (χ4v) is 1.81. The van der Waals surface area contributed by atoms with Gasteiger partial charge >= 0.3 is 0 Å². The molecule has 0 radical (unpaired) electrons. The van der Waals surface area contributed by atoms with Crippen molar-refractivity contribution in [3.8, 4) is 0 Å². The Kier molecular flexibility index (Phi) is 0.981. The van der Waals surface area contributed by atoms with Crippen LogP contribution >= 0.6 is 0 Å². The van der Waals surface area contributed by atoms with Gasteiger partial charge in [-0.1, -0.05) is 12.2 Å². The lowest BCUT2D eigenvalue weighted by atomic mass is 9.96. The summed E-state index contributed by atoms with van der Waals surface area (Å²) in [6.45, 7) is 0. The zero-order valence-corrected chi connectivity index (χ0v) is 5.34. The molecule has 1 heteroatoms. The molecule has 48 valence electrons. The predicted octanol–water partition coefficient (Wildman–Crippen LogP) is 1.54. The molecule has 0 spiro atoms. The van der Waals surface area contributed by atoms with Gasteiger partial charge in [-0.25, -0.2) is 0 Å². The molecule has 0 heterocycles. The lowest BCUT2D eigenvalue weighted by molar-refractivity contribution is -0.120. The van der Waals surface area contributed by atoms with Crippen LogP contribution in [0.4, 0.5) is 0 Å². The normalized spacial score (nSPS) is 39.8. The number of Topliss-reactive ketones (excluding diaryl/α,β-unsaturated/α-hetero) is 1. The summed E-state index contributed by atoms with van der Waals surface area (Å²) in [5.74, 6) is 1.50. The minimum absolute atomic E-state index is 0.403. The molecule has 1 nitrogen and oxygen atoms in total. The number of ketones is 1. The van der Waals surface area contributed by atoms with E-state index < -0.39 is 0 Å². The van der Waals surface area contributed by atoms with Crippen LogP contribution in [0.3, 0.4) is 0 Å². The van der Waals surface area contributed by atoms with Crippen molar-refractivity contribution in [3.05, 3.63) is 12.2 Å². The molecular formula is C8H10O. The maximum Gasteiger partial charge on any atom is 0.136 e. The molecule has 0 amide bonds. The lowest BCUT2D eigenvalue weighted by Crippen LogP contribution is -2.04. The van der Waals surface area contributed by atoms with Crippen LogP contribution in [0.2, 0.25) is 0 Å². The van der Waals surface area contributed by atoms with E-state index in [1.165, 1.54) is 0 Å². The largest absolute Gasteiger partial charge is 0.299 e. The van der Waals surface area contributed by atoms with Crippen molar-refractivity contribution in [2.45, 2.75) is 19.3 Å². The van der Waals surface area contributed by atoms with Crippen molar-refractivity contribution in [2.75, 3.05) is 0 Å². The number of carbonyl (C=O) groups excluding carboxylic acids is 1. The Morgan fingerprint density at radius 1 is 1.56 bits per heavy atom. The molecular weight excluding hydrogens is 112 g/mol. The fraction of sp³-hybridized carbons (Fsp3) is 0.625. The molecule has 1 fully saturated rings. The van der Waals surface area contributed by atoms with Gasteiger partial charge in [0.25, 0.3) is 0 Å². The lowest BCUT2D eigenvalue weighted by Gasteiger charge is -2.08. The zero-order chi connectivity index (χ0) is 6.27. The van der Waals surface area contributed by atoms with Crippen LogP contribution in [-0.2, 0) is 4.79 Å². The van der Waals surface area contributed by atoms with Gasteiger partial charge < -0.3 is 0 Å².